The first-order valence-electron chi connectivity index (χ1n) is 5.42. The van der Waals surface area contributed by atoms with Gasteiger partial charge in [-0.2, -0.15) is 0 Å². The van der Waals surface area contributed by atoms with Crippen LogP contribution in [0.3, 0.4) is 0 Å². The van der Waals surface area contributed by atoms with Gasteiger partial charge in [0, 0.05) is 10.2 Å². The minimum absolute atomic E-state index is 0.179. The van der Waals surface area contributed by atoms with Gasteiger partial charge in [0.1, 0.15) is 0 Å². The Bertz CT molecular complexity index is 714. The monoisotopic (exact) mass is 281 g/mol. The molecule has 0 bridgehead atoms. The molecule has 0 aliphatic carbocycles. The van der Waals surface area contributed by atoms with Crippen molar-refractivity contribution in [2.75, 3.05) is 5.73 Å². The Hall–Kier alpha value is -2.92. The molecule has 2 N–H and O–H groups in total. The topological polar surface area (TPSA) is 164 Å². The first kappa shape index (κ1) is 13.5. The van der Waals surface area contributed by atoms with Gasteiger partial charge in [0.15, 0.2) is 0 Å². The number of nitro groups is 1. The summed E-state index contributed by atoms with van der Waals surface area (Å²) >= 11 is 0. The van der Waals surface area contributed by atoms with Gasteiger partial charge in [0.25, 0.3) is 0 Å². The summed E-state index contributed by atoms with van der Waals surface area (Å²) in [5.74, 6) is -1.42. The molecular weight excluding hydrogens is 270 g/mol. The standard InChI is InChI=1S/C8H11N9O3/c1-8(2,3)14-16(18)5-4(9)15-6(12-11-5)10-7(13-15)17(19)20/h9H2,1-3H3. The van der Waals surface area contributed by atoms with Crippen molar-refractivity contribution in [2.45, 2.75) is 26.3 Å². The van der Waals surface area contributed by atoms with Crippen LogP contribution in [-0.2, 0) is 0 Å². The molecule has 0 atom stereocenters. The quantitative estimate of drug-likeness (QED) is 0.357. The largest absolute Gasteiger partial charge is 0.691 e. The zero-order valence-electron chi connectivity index (χ0n) is 10.9. The minimum atomic E-state index is -0.803. The van der Waals surface area contributed by atoms with Crippen molar-refractivity contribution < 1.29 is 9.78 Å². The van der Waals surface area contributed by atoms with Gasteiger partial charge < -0.3 is 21.1 Å². The van der Waals surface area contributed by atoms with Crippen molar-refractivity contribution in [1.82, 2.24) is 24.8 Å². The Labute approximate surface area is 111 Å². The van der Waals surface area contributed by atoms with Gasteiger partial charge in [0.05, 0.1) is 10.6 Å². The zero-order valence-corrected chi connectivity index (χ0v) is 10.9. The van der Waals surface area contributed by atoms with Gasteiger partial charge in [0.2, 0.25) is 5.82 Å². The summed E-state index contributed by atoms with van der Waals surface area (Å²) in [7, 11) is 0. The van der Waals surface area contributed by atoms with Gasteiger partial charge in [-0.25, -0.2) is 0 Å². The third kappa shape index (κ3) is 2.43. The predicted octanol–water partition coefficient (Wildman–Crippen LogP) is 0.402. The van der Waals surface area contributed by atoms with Crippen LogP contribution < -0.4 is 5.73 Å². The molecule has 2 rings (SSSR count). The van der Waals surface area contributed by atoms with Gasteiger partial charge in [-0.3, -0.25) is 0 Å². The molecule has 2 aromatic rings. The highest BCUT2D eigenvalue weighted by molar-refractivity contribution is 5.51. The second-order valence-electron chi connectivity index (χ2n) is 4.83. The lowest BCUT2D eigenvalue weighted by molar-refractivity contribution is -0.453. The van der Waals surface area contributed by atoms with E-state index in [1.54, 1.807) is 20.8 Å². The second kappa shape index (κ2) is 4.32. The maximum Gasteiger partial charge on any atom is 0.493 e. The van der Waals surface area contributed by atoms with Crippen molar-refractivity contribution in [3.8, 4) is 0 Å². The highest BCUT2D eigenvalue weighted by Gasteiger charge is 2.27. The van der Waals surface area contributed by atoms with Crippen LogP contribution in [0.15, 0.2) is 5.11 Å². The average Bonchev–Trinajstić information content (AvgIpc) is 2.71. The minimum Gasteiger partial charge on any atom is -0.691 e. The normalized spacial score (nSPS) is 12.8. The van der Waals surface area contributed by atoms with E-state index in [-0.39, 0.29) is 22.3 Å². The summed E-state index contributed by atoms with van der Waals surface area (Å²) in [4.78, 5) is 13.5. The molecule has 0 aromatic carbocycles. The van der Waals surface area contributed by atoms with E-state index in [0.29, 0.717) is 0 Å². The van der Waals surface area contributed by atoms with Crippen molar-refractivity contribution >= 4 is 23.4 Å². The Kier molecular flexibility index (Phi) is 2.92. The number of nitrogen functional groups attached to an aromatic ring is 1. The summed E-state index contributed by atoms with van der Waals surface area (Å²) in [5.41, 5.74) is 5.03. The summed E-state index contributed by atoms with van der Waals surface area (Å²) in [6.07, 6.45) is 0. The maximum atomic E-state index is 11.8. The Morgan fingerprint density at radius 1 is 1.30 bits per heavy atom. The smallest absolute Gasteiger partial charge is 0.493 e. The van der Waals surface area contributed by atoms with Crippen molar-refractivity contribution in [3.63, 3.8) is 0 Å². The molecule has 0 fully saturated rings. The molecule has 106 valence electrons. The number of rotatable bonds is 2. The van der Waals surface area contributed by atoms with Crippen LogP contribution in [0.25, 0.3) is 5.78 Å². The summed E-state index contributed by atoms with van der Waals surface area (Å²) < 4.78 is 0.865. The highest BCUT2D eigenvalue weighted by Crippen LogP contribution is 2.20. The summed E-state index contributed by atoms with van der Waals surface area (Å²) in [6, 6.07) is 0. The van der Waals surface area contributed by atoms with E-state index >= 15 is 0 Å². The first-order chi connectivity index (χ1) is 9.19. The number of aromatic nitrogens is 5. The van der Waals surface area contributed by atoms with E-state index in [0.717, 1.165) is 4.52 Å². The third-order valence-electron chi connectivity index (χ3n) is 2.01. The van der Waals surface area contributed by atoms with E-state index in [1.165, 1.54) is 0 Å². The Morgan fingerprint density at radius 2 is 1.95 bits per heavy atom. The lowest BCUT2D eigenvalue weighted by atomic mass is 10.1. The van der Waals surface area contributed by atoms with Crippen LogP contribution in [-0.4, -0.2) is 40.1 Å². The van der Waals surface area contributed by atoms with E-state index in [1.807, 2.05) is 0 Å². The lowest BCUT2D eigenvalue weighted by Crippen LogP contribution is -2.15. The Balaban J connectivity index is 2.60. The predicted molar refractivity (Wildman–Crippen MR) is 65.1 cm³/mol. The van der Waals surface area contributed by atoms with E-state index in [4.69, 9.17) is 5.73 Å². The van der Waals surface area contributed by atoms with Gasteiger partial charge >= 0.3 is 17.5 Å². The molecule has 12 nitrogen and oxygen atoms in total. The van der Waals surface area contributed by atoms with E-state index < -0.39 is 16.4 Å². The van der Waals surface area contributed by atoms with E-state index in [9.17, 15) is 15.3 Å². The number of hydrogen-bond acceptors (Lipinski definition) is 9. The molecule has 0 spiro atoms. The number of nitrogens with zero attached hydrogens (tertiary/aromatic N) is 8. The molecule has 0 saturated heterocycles. The fourth-order valence-electron chi connectivity index (χ4n) is 1.29. The molecule has 0 saturated carbocycles. The number of azo groups is 1. The van der Waals surface area contributed by atoms with Crippen molar-refractivity contribution in [3.05, 3.63) is 15.3 Å². The maximum absolute atomic E-state index is 11.8. The lowest BCUT2D eigenvalue weighted by Gasteiger charge is -2.12. The van der Waals surface area contributed by atoms with Crippen LogP contribution >= 0.6 is 0 Å². The molecule has 0 amide bonds. The van der Waals surface area contributed by atoms with Gasteiger partial charge in [-0.15, -0.1) is 9.97 Å². The third-order valence-corrected chi connectivity index (χ3v) is 2.01. The number of nitrogens with two attached hydrogens (primary N) is 1. The van der Waals surface area contributed by atoms with Crippen molar-refractivity contribution in [2.24, 2.45) is 5.11 Å². The van der Waals surface area contributed by atoms with Crippen LogP contribution in [0.2, 0.25) is 0 Å². The van der Waals surface area contributed by atoms with E-state index in [2.05, 4.69) is 25.4 Å². The molecule has 0 unspecified atom stereocenters. The number of hydrogen-bond donors (Lipinski definition) is 1. The molecule has 2 aromatic heterocycles. The second-order valence-corrected chi connectivity index (χ2v) is 4.83. The molecular formula is C8H11N9O3. The molecule has 0 aliphatic heterocycles. The first-order valence-corrected chi connectivity index (χ1v) is 5.42. The zero-order chi connectivity index (χ0) is 15.1. The van der Waals surface area contributed by atoms with Crippen LogP contribution in [0.1, 0.15) is 20.8 Å². The van der Waals surface area contributed by atoms with Gasteiger partial charge in [-0.1, -0.05) is 4.52 Å². The summed E-state index contributed by atoms with van der Waals surface area (Å²) in [5, 5.41) is 36.8. The summed E-state index contributed by atoms with van der Waals surface area (Å²) in [6.45, 7) is 5.13. The van der Waals surface area contributed by atoms with Crippen molar-refractivity contribution in [1.29, 1.82) is 0 Å². The van der Waals surface area contributed by atoms with Gasteiger partial charge in [-0.05, 0) is 30.7 Å². The fraction of sp³-hybridized carbons (Fsp3) is 0.500. The average molecular weight is 281 g/mol. The molecule has 12 heteroatoms. The number of fused-ring (bicyclic) bond motifs is 1. The molecule has 2 heterocycles. The highest BCUT2D eigenvalue weighted by atomic mass is 16.6. The molecule has 0 radical (unpaired) electrons. The Morgan fingerprint density at radius 3 is 2.50 bits per heavy atom. The molecule has 20 heavy (non-hydrogen) atoms. The van der Waals surface area contributed by atoms with Crippen LogP contribution in [0, 0.1) is 15.3 Å². The molecule has 0 aliphatic rings. The fourth-order valence-corrected chi connectivity index (χ4v) is 1.29. The number of anilines is 1. The van der Waals surface area contributed by atoms with Crippen LogP contribution in [0.4, 0.5) is 17.6 Å². The van der Waals surface area contributed by atoms with Crippen LogP contribution in [0.5, 0.6) is 0 Å². The SMILES string of the molecule is CC(C)(C)N=[N+]([O-])c1nnc2nc([N+](=O)[O-])nn2c1N.